The van der Waals surface area contributed by atoms with Crippen LogP contribution in [0.25, 0.3) is 0 Å². The van der Waals surface area contributed by atoms with E-state index in [4.69, 9.17) is 28.3 Å². The number of nitrogens with one attached hydrogen (secondary N) is 1. The number of hydrogen-bond donors (Lipinski definition) is 3. The molecule has 1 aromatic carbocycles. The van der Waals surface area contributed by atoms with Gasteiger partial charge in [-0.1, -0.05) is 23.2 Å². The summed E-state index contributed by atoms with van der Waals surface area (Å²) in [7, 11) is 0. The Hall–Kier alpha value is -1.98. The third kappa shape index (κ3) is 3.53. The molecule has 0 amide bonds. The summed E-state index contributed by atoms with van der Waals surface area (Å²) >= 11 is 11.6. The number of nitrogens with zero attached hydrogens (tertiary/aromatic N) is 1. The molecular formula is C13H10Cl2N2O3. The summed E-state index contributed by atoms with van der Waals surface area (Å²) in [6, 6.07) is 7.38. The number of rotatable bonds is 4. The van der Waals surface area contributed by atoms with E-state index in [0.29, 0.717) is 28.1 Å². The fraction of sp³-hybridized carbons (Fsp3) is 0.0769. The summed E-state index contributed by atoms with van der Waals surface area (Å²) in [6.07, 6.45) is 0. The lowest BCUT2D eigenvalue weighted by molar-refractivity contribution is 0.0694. The van der Waals surface area contributed by atoms with Gasteiger partial charge < -0.3 is 15.5 Å². The molecule has 1 aromatic heterocycles. The van der Waals surface area contributed by atoms with Crippen LogP contribution >= 0.6 is 23.2 Å². The van der Waals surface area contributed by atoms with Gasteiger partial charge in [0.05, 0.1) is 12.2 Å². The maximum atomic E-state index is 10.8. The zero-order chi connectivity index (χ0) is 14.7. The number of aromatic nitrogens is 1. The van der Waals surface area contributed by atoms with Crippen LogP contribution in [0.2, 0.25) is 10.2 Å². The van der Waals surface area contributed by atoms with E-state index < -0.39 is 5.97 Å². The van der Waals surface area contributed by atoms with Crippen LogP contribution in [0.5, 0.6) is 5.75 Å². The monoisotopic (exact) mass is 312 g/mol. The highest BCUT2D eigenvalue weighted by Gasteiger charge is 2.09. The standard InChI is InChI=1S/C13H10Cl2N2O3/c14-7-3-9(17-12(15)4-7)6-16-8-1-2-10(13(19)20)11(18)5-8/h1-5,16,18H,6H2,(H,19,20). The topological polar surface area (TPSA) is 82.5 Å². The third-order valence-electron chi connectivity index (χ3n) is 2.51. The molecule has 0 saturated heterocycles. The van der Waals surface area contributed by atoms with Crippen LogP contribution in [-0.2, 0) is 6.54 Å². The summed E-state index contributed by atoms with van der Waals surface area (Å²) in [5.74, 6) is -1.49. The fourth-order valence-electron chi connectivity index (χ4n) is 1.62. The van der Waals surface area contributed by atoms with Crippen molar-refractivity contribution in [2.45, 2.75) is 6.54 Å². The molecule has 7 heteroatoms. The molecule has 0 aliphatic rings. The number of phenols is 1. The van der Waals surface area contributed by atoms with Gasteiger partial charge in [-0.05, 0) is 24.3 Å². The average molecular weight is 313 g/mol. The van der Waals surface area contributed by atoms with Crippen LogP contribution in [0.3, 0.4) is 0 Å². The van der Waals surface area contributed by atoms with Gasteiger partial charge in [-0.3, -0.25) is 0 Å². The predicted octanol–water partition coefficient (Wildman–Crippen LogP) is 3.40. The molecule has 2 rings (SSSR count). The normalized spacial score (nSPS) is 10.3. The van der Waals surface area contributed by atoms with Crippen LogP contribution in [0.15, 0.2) is 30.3 Å². The second-order valence-corrected chi connectivity index (χ2v) is 4.81. The number of aromatic carboxylic acids is 1. The maximum absolute atomic E-state index is 10.8. The van der Waals surface area contributed by atoms with E-state index in [-0.39, 0.29) is 11.3 Å². The minimum Gasteiger partial charge on any atom is -0.507 e. The van der Waals surface area contributed by atoms with Crippen molar-refractivity contribution in [1.29, 1.82) is 0 Å². The second kappa shape index (κ2) is 5.98. The van der Waals surface area contributed by atoms with Crippen LogP contribution < -0.4 is 5.32 Å². The van der Waals surface area contributed by atoms with Gasteiger partial charge in [-0.25, -0.2) is 9.78 Å². The lowest BCUT2D eigenvalue weighted by Gasteiger charge is -2.08. The summed E-state index contributed by atoms with van der Waals surface area (Å²) in [6.45, 7) is 0.339. The first-order chi connectivity index (χ1) is 9.45. The van der Waals surface area contributed by atoms with Gasteiger partial charge in [0.15, 0.2) is 0 Å². The lowest BCUT2D eigenvalue weighted by Crippen LogP contribution is -2.03. The Balaban J connectivity index is 2.11. The zero-order valence-corrected chi connectivity index (χ0v) is 11.6. The largest absolute Gasteiger partial charge is 0.507 e. The Labute approximate surface area is 124 Å². The molecule has 0 atom stereocenters. The van der Waals surface area contributed by atoms with Crippen molar-refractivity contribution in [1.82, 2.24) is 4.98 Å². The summed E-state index contributed by atoms with van der Waals surface area (Å²) in [5, 5.41) is 22.1. The molecule has 0 aliphatic carbocycles. The van der Waals surface area contributed by atoms with Crippen molar-refractivity contribution >= 4 is 34.9 Å². The smallest absolute Gasteiger partial charge is 0.339 e. The lowest BCUT2D eigenvalue weighted by atomic mass is 10.2. The first-order valence-corrected chi connectivity index (χ1v) is 6.33. The number of aromatic hydroxyl groups is 1. The van der Waals surface area contributed by atoms with Crippen LogP contribution in [0.4, 0.5) is 5.69 Å². The second-order valence-electron chi connectivity index (χ2n) is 3.99. The van der Waals surface area contributed by atoms with Gasteiger partial charge in [-0.2, -0.15) is 0 Å². The highest BCUT2D eigenvalue weighted by atomic mass is 35.5. The molecule has 5 nitrogen and oxygen atoms in total. The van der Waals surface area contributed by atoms with Crippen LogP contribution in [-0.4, -0.2) is 21.2 Å². The fourth-order valence-corrected chi connectivity index (χ4v) is 2.13. The molecule has 0 spiro atoms. The molecule has 1 heterocycles. The molecule has 2 aromatic rings. The number of benzene rings is 1. The van der Waals surface area contributed by atoms with Gasteiger partial charge >= 0.3 is 5.97 Å². The van der Waals surface area contributed by atoms with Crippen molar-refractivity contribution in [3.8, 4) is 5.75 Å². The molecule has 0 fully saturated rings. The van der Waals surface area contributed by atoms with E-state index in [1.807, 2.05) is 0 Å². The molecule has 0 saturated carbocycles. The highest BCUT2D eigenvalue weighted by molar-refractivity contribution is 6.33. The van der Waals surface area contributed by atoms with E-state index in [1.165, 1.54) is 18.2 Å². The Morgan fingerprint density at radius 2 is 2.00 bits per heavy atom. The molecule has 3 N–H and O–H groups in total. The van der Waals surface area contributed by atoms with Gasteiger partial charge in [0.1, 0.15) is 16.5 Å². The average Bonchev–Trinajstić information content (AvgIpc) is 2.35. The van der Waals surface area contributed by atoms with Gasteiger partial charge in [0, 0.05) is 16.8 Å². The number of anilines is 1. The number of carboxylic acid groups (broad SMARTS) is 1. The van der Waals surface area contributed by atoms with Crippen molar-refractivity contribution < 1.29 is 15.0 Å². The van der Waals surface area contributed by atoms with E-state index in [1.54, 1.807) is 12.1 Å². The summed E-state index contributed by atoms with van der Waals surface area (Å²) in [5.41, 5.74) is 1.04. The van der Waals surface area contributed by atoms with Crippen molar-refractivity contribution in [2.75, 3.05) is 5.32 Å². The van der Waals surface area contributed by atoms with Crippen molar-refractivity contribution in [3.05, 3.63) is 51.8 Å². The number of pyridine rings is 1. The Morgan fingerprint density at radius 3 is 2.60 bits per heavy atom. The molecule has 104 valence electrons. The maximum Gasteiger partial charge on any atom is 0.339 e. The van der Waals surface area contributed by atoms with E-state index in [9.17, 15) is 9.90 Å². The number of carboxylic acids is 1. The zero-order valence-electron chi connectivity index (χ0n) is 10.1. The minimum atomic E-state index is -1.18. The minimum absolute atomic E-state index is 0.153. The Kier molecular flexibility index (Phi) is 4.32. The molecule has 0 unspecified atom stereocenters. The Bertz CT molecular complexity index is 642. The predicted molar refractivity (Wildman–Crippen MR) is 76.6 cm³/mol. The van der Waals surface area contributed by atoms with Gasteiger partial charge in [0.2, 0.25) is 0 Å². The number of carbonyl (C=O) groups is 1. The summed E-state index contributed by atoms with van der Waals surface area (Å²) in [4.78, 5) is 14.8. The van der Waals surface area contributed by atoms with E-state index in [0.717, 1.165) is 0 Å². The molecule has 0 radical (unpaired) electrons. The molecular weight excluding hydrogens is 303 g/mol. The van der Waals surface area contributed by atoms with Crippen molar-refractivity contribution in [2.24, 2.45) is 0 Å². The third-order valence-corrected chi connectivity index (χ3v) is 2.93. The van der Waals surface area contributed by atoms with Gasteiger partial charge in [0.25, 0.3) is 0 Å². The van der Waals surface area contributed by atoms with Crippen LogP contribution in [0, 0.1) is 0 Å². The molecule has 0 bridgehead atoms. The number of halogens is 2. The van der Waals surface area contributed by atoms with Crippen molar-refractivity contribution in [3.63, 3.8) is 0 Å². The first-order valence-electron chi connectivity index (χ1n) is 5.58. The van der Waals surface area contributed by atoms with Crippen LogP contribution in [0.1, 0.15) is 16.1 Å². The Morgan fingerprint density at radius 1 is 1.25 bits per heavy atom. The SMILES string of the molecule is O=C(O)c1ccc(NCc2cc(Cl)cc(Cl)n2)cc1O. The quantitative estimate of drug-likeness (QED) is 0.754. The van der Waals surface area contributed by atoms with E-state index >= 15 is 0 Å². The summed E-state index contributed by atoms with van der Waals surface area (Å²) < 4.78 is 0. The number of hydrogen-bond acceptors (Lipinski definition) is 4. The highest BCUT2D eigenvalue weighted by Crippen LogP contribution is 2.23. The molecule has 0 aliphatic heterocycles. The van der Waals surface area contributed by atoms with Gasteiger partial charge in [-0.15, -0.1) is 0 Å². The first kappa shape index (κ1) is 14.4. The molecule has 20 heavy (non-hydrogen) atoms. The van der Waals surface area contributed by atoms with E-state index in [2.05, 4.69) is 10.3 Å².